The second kappa shape index (κ2) is 6.83. The molecule has 0 spiro atoms. The van der Waals surface area contributed by atoms with Crippen molar-refractivity contribution in [1.82, 2.24) is 0 Å². The lowest BCUT2D eigenvalue weighted by molar-refractivity contribution is 0.581. The summed E-state index contributed by atoms with van der Waals surface area (Å²) in [6.07, 6.45) is 0. The van der Waals surface area contributed by atoms with Gasteiger partial charge in [-0.05, 0) is 29.8 Å². The molecule has 0 saturated heterocycles. The van der Waals surface area contributed by atoms with E-state index in [0.717, 1.165) is 12.1 Å². The van der Waals surface area contributed by atoms with E-state index in [1.54, 1.807) is 24.3 Å². The summed E-state index contributed by atoms with van der Waals surface area (Å²) in [6, 6.07) is 13.6. The van der Waals surface area contributed by atoms with Crippen molar-refractivity contribution in [3.63, 3.8) is 0 Å². The van der Waals surface area contributed by atoms with E-state index in [2.05, 4.69) is 0 Å². The molecule has 0 aliphatic rings. The van der Waals surface area contributed by atoms with Gasteiger partial charge in [-0.1, -0.05) is 30.3 Å². The molecule has 1 unspecified atom stereocenters. The molecule has 0 fully saturated rings. The Bertz CT molecular complexity index is 645. The van der Waals surface area contributed by atoms with Crippen LogP contribution in [0.5, 0.6) is 0 Å². The molecule has 2 aromatic carbocycles. The minimum atomic E-state index is -3.61. The Morgan fingerprint density at radius 1 is 1.00 bits per heavy atom. The van der Waals surface area contributed by atoms with Crippen molar-refractivity contribution in [2.75, 3.05) is 6.54 Å². The first-order chi connectivity index (χ1) is 9.05. The van der Waals surface area contributed by atoms with Gasteiger partial charge in [0, 0.05) is 6.54 Å². The zero-order valence-electron chi connectivity index (χ0n) is 10.6. The van der Waals surface area contributed by atoms with E-state index in [1.807, 2.05) is 6.07 Å². The van der Waals surface area contributed by atoms with Crippen LogP contribution >= 0.6 is 12.4 Å². The first-order valence-corrected chi connectivity index (χ1v) is 7.35. The van der Waals surface area contributed by atoms with Gasteiger partial charge in [0.15, 0.2) is 9.84 Å². The van der Waals surface area contributed by atoms with Crippen LogP contribution in [0.1, 0.15) is 10.8 Å². The van der Waals surface area contributed by atoms with Gasteiger partial charge in [0.2, 0.25) is 0 Å². The number of halogens is 2. The quantitative estimate of drug-likeness (QED) is 0.883. The van der Waals surface area contributed by atoms with Crippen LogP contribution in [-0.2, 0) is 9.84 Å². The topological polar surface area (TPSA) is 60.2 Å². The molecule has 1 atom stereocenters. The largest absolute Gasteiger partial charge is 0.329 e. The zero-order valence-corrected chi connectivity index (χ0v) is 12.2. The molecular formula is C14H15ClFNO2S. The lowest BCUT2D eigenvalue weighted by Gasteiger charge is -2.16. The van der Waals surface area contributed by atoms with Crippen LogP contribution < -0.4 is 5.73 Å². The normalized spacial score (nSPS) is 12.5. The maximum absolute atomic E-state index is 12.9. The van der Waals surface area contributed by atoms with Crippen LogP contribution in [0, 0.1) is 5.82 Å². The molecular weight excluding hydrogens is 301 g/mol. The Hall–Kier alpha value is -1.43. The average molecular weight is 316 g/mol. The van der Waals surface area contributed by atoms with Gasteiger partial charge in [-0.15, -0.1) is 12.4 Å². The van der Waals surface area contributed by atoms with E-state index >= 15 is 0 Å². The molecule has 2 aromatic rings. The van der Waals surface area contributed by atoms with Crippen LogP contribution in [0.25, 0.3) is 0 Å². The van der Waals surface area contributed by atoms with Crippen molar-refractivity contribution in [3.05, 3.63) is 66.0 Å². The summed E-state index contributed by atoms with van der Waals surface area (Å²) < 4.78 is 37.8. The average Bonchev–Trinajstić information content (AvgIpc) is 2.41. The maximum atomic E-state index is 12.9. The number of sulfone groups is 1. The Morgan fingerprint density at radius 3 is 2.05 bits per heavy atom. The smallest absolute Gasteiger partial charge is 0.186 e. The molecule has 3 nitrogen and oxygen atoms in total. The fraction of sp³-hybridized carbons (Fsp3) is 0.143. The lowest BCUT2D eigenvalue weighted by atomic mass is 10.1. The van der Waals surface area contributed by atoms with Crippen LogP contribution in [-0.4, -0.2) is 15.0 Å². The zero-order chi connectivity index (χ0) is 13.9. The van der Waals surface area contributed by atoms with Crippen LogP contribution in [0.2, 0.25) is 0 Å². The molecule has 6 heteroatoms. The third-order valence-corrected chi connectivity index (χ3v) is 5.05. The van der Waals surface area contributed by atoms with Crippen molar-refractivity contribution in [3.8, 4) is 0 Å². The van der Waals surface area contributed by atoms with Gasteiger partial charge in [-0.3, -0.25) is 0 Å². The molecule has 0 aromatic heterocycles. The Morgan fingerprint density at radius 2 is 1.55 bits per heavy atom. The first kappa shape index (κ1) is 16.6. The van der Waals surface area contributed by atoms with Gasteiger partial charge in [0.05, 0.1) is 4.90 Å². The highest BCUT2D eigenvalue weighted by Crippen LogP contribution is 2.27. The highest BCUT2D eigenvalue weighted by Gasteiger charge is 2.27. The summed E-state index contributed by atoms with van der Waals surface area (Å²) >= 11 is 0. The summed E-state index contributed by atoms with van der Waals surface area (Å²) in [5.74, 6) is -0.469. The highest BCUT2D eigenvalue weighted by atomic mass is 35.5. The molecule has 108 valence electrons. The lowest BCUT2D eigenvalue weighted by Crippen LogP contribution is -2.22. The van der Waals surface area contributed by atoms with Crippen molar-refractivity contribution in [2.24, 2.45) is 5.73 Å². The Balaban J connectivity index is 0.00000200. The molecule has 20 heavy (non-hydrogen) atoms. The van der Waals surface area contributed by atoms with Crippen molar-refractivity contribution in [2.45, 2.75) is 10.1 Å². The second-order valence-electron chi connectivity index (χ2n) is 4.13. The van der Waals surface area contributed by atoms with Crippen LogP contribution in [0.4, 0.5) is 4.39 Å². The van der Waals surface area contributed by atoms with Gasteiger partial charge in [-0.25, -0.2) is 12.8 Å². The fourth-order valence-electron chi connectivity index (χ4n) is 1.90. The minimum Gasteiger partial charge on any atom is -0.329 e. The molecule has 0 aliphatic heterocycles. The molecule has 2 N–H and O–H groups in total. The van der Waals surface area contributed by atoms with Gasteiger partial charge in [0.25, 0.3) is 0 Å². The van der Waals surface area contributed by atoms with E-state index < -0.39 is 20.9 Å². The first-order valence-electron chi connectivity index (χ1n) is 5.80. The number of benzene rings is 2. The summed E-state index contributed by atoms with van der Waals surface area (Å²) in [5, 5.41) is -0.820. The minimum absolute atomic E-state index is 0. The van der Waals surface area contributed by atoms with Crippen molar-refractivity contribution >= 4 is 22.2 Å². The Kier molecular flexibility index (Phi) is 5.68. The number of rotatable bonds is 4. The van der Waals surface area contributed by atoms with Gasteiger partial charge in [-0.2, -0.15) is 0 Å². The fourth-order valence-corrected chi connectivity index (χ4v) is 3.51. The summed E-state index contributed by atoms with van der Waals surface area (Å²) in [7, 11) is -3.61. The molecule has 0 saturated carbocycles. The monoisotopic (exact) mass is 315 g/mol. The van der Waals surface area contributed by atoms with E-state index in [-0.39, 0.29) is 23.8 Å². The molecule has 0 amide bonds. The number of hydrogen-bond donors (Lipinski definition) is 1. The predicted octanol–water partition coefficient (Wildman–Crippen LogP) is 2.72. The third-order valence-electron chi connectivity index (χ3n) is 2.90. The molecule has 0 bridgehead atoms. The van der Waals surface area contributed by atoms with E-state index in [1.165, 1.54) is 12.1 Å². The molecule has 0 heterocycles. The SMILES string of the molecule is Cl.NCC(c1ccccc1)S(=O)(=O)c1ccc(F)cc1. The van der Waals surface area contributed by atoms with Crippen LogP contribution in [0.3, 0.4) is 0 Å². The second-order valence-corrected chi connectivity index (χ2v) is 6.26. The van der Waals surface area contributed by atoms with Gasteiger partial charge < -0.3 is 5.73 Å². The standard InChI is InChI=1S/C14H14FNO2S.ClH/c15-12-6-8-13(9-7-12)19(17,18)14(10-16)11-4-2-1-3-5-11;/h1-9,14H,10,16H2;1H. The number of nitrogens with two attached hydrogens (primary N) is 1. The molecule has 0 radical (unpaired) electrons. The molecule has 0 aliphatic carbocycles. The highest BCUT2D eigenvalue weighted by molar-refractivity contribution is 7.91. The van der Waals surface area contributed by atoms with Crippen molar-refractivity contribution < 1.29 is 12.8 Å². The summed E-state index contributed by atoms with van der Waals surface area (Å²) in [5.41, 5.74) is 6.24. The van der Waals surface area contributed by atoms with Crippen molar-refractivity contribution in [1.29, 1.82) is 0 Å². The Labute approximate surface area is 124 Å². The predicted molar refractivity (Wildman–Crippen MR) is 79.1 cm³/mol. The third kappa shape index (κ3) is 3.36. The molecule has 2 rings (SSSR count). The summed E-state index contributed by atoms with van der Waals surface area (Å²) in [4.78, 5) is 0.0770. The van der Waals surface area contributed by atoms with Crippen LogP contribution in [0.15, 0.2) is 59.5 Å². The number of hydrogen-bond acceptors (Lipinski definition) is 3. The summed E-state index contributed by atoms with van der Waals surface area (Å²) in [6.45, 7) is -0.0241. The maximum Gasteiger partial charge on any atom is 0.186 e. The van der Waals surface area contributed by atoms with Gasteiger partial charge >= 0.3 is 0 Å². The van der Waals surface area contributed by atoms with Gasteiger partial charge in [0.1, 0.15) is 11.1 Å². The van der Waals surface area contributed by atoms with E-state index in [9.17, 15) is 12.8 Å². The van der Waals surface area contributed by atoms with E-state index in [0.29, 0.717) is 5.56 Å². The van der Waals surface area contributed by atoms with E-state index in [4.69, 9.17) is 5.73 Å².